The smallest absolute Gasteiger partial charge is 0.337 e. The van der Waals surface area contributed by atoms with E-state index in [0.29, 0.717) is 31.8 Å². The lowest BCUT2D eigenvalue weighted by Gasteiger charge is -2.42. The highest BCUT2D eigenvalue weighted by Crippen LogP contribution is 2.48. The van der Waals surface area contributed by atoms with Gasteiger partial charge < -0.3 is 9.91 Å². The molecule has 2 aliphatic heterocycles. The summed E-state index contributed by atoms with van der Waals surface area (Å²) in [4.78, 5) is 39.8. The van der Waals surface area contributed by atoms with E-state index in [1.807, 2.05) is 47.2 Å². The maximum absolute atomic E-state index is 14.2. The number of aromatic nitrogens is 3. The average molecular weight is 557 g/mol. The predicted molar refractivity (Wildman–Crippen MR) is 163 cm³/mol. The zero-order valence-corrected chi connectivity index (χ0v) is 23.5. The molecule has 0 N–H and O–H groups in total. The number of hydrogen-bond acceptors (Lipinski definition) is 6. The van der Waals surface area contributed by atoms with Crippen molar-refractivity contribution >= 4 is 16.9 Å². The molecule has 2 fully saturated rings. The molecule has 42 heavy (non-hydrogen) atoms. The minimum Gasteiger partial charge on any atom is -0.337 e. The molecule has 2 aromatic heterocycles. The molecule has 1 amide bonds. The van der Waals surface area contributed by atoms with E-state index in [1.165, 1.54) is 0 Å². The minimum atomic E-state index is -0.606. The Labute approximate surface area is 244 Å². The van der Waals surface area contributed by atoms with Crippen molar-refractivity contribution in [3.63, 3.8) is 0 Å². The Morgan fingerprint density at radius 2 is 1.36 bits per heavy atom. The summed E-state index contributed by atoms with van der Waals surface area (Å²) in [6, 6.07) is 34.8. The summed E-state index contributed by atoms with van der Waals surface area (Å²) in [7, 11) is 0. The van der Waals surface area contributed by atoms with Crippen molar-refractivity contribution in [1.29, 1.82) is 0 Å². The fourth-order valence-electron chi connectivity index (χ4n) is 6.60. The molecule has 2 aliphatic rings. The van der Waals surface area contributed by atoms with Gasteiger partial charge in [0, 0.05) is 37.4 Å². The maximum atomic E-state index is 14.2. The molecule has 5 aromatic rings. The van der Waals surface area contributed by atoms with Gasteiger partial charge in [0.05, 0.1) is 18.1 Å². The van der Waals surface area contributed by atoms with Crippen molar-refractivity contribution < 1.29 is 4.79 Å². The van der Waals surface area contributed by atoms with Crippen molar-refractivity contribution in [3.8, 4) is 0 Å². The number of benzene rings is 3. The quantitative estimate of drug-likeness (QED) is 0.235. The lowest BCUT2D eigenvalue weighted by Crippen LogP contribution is -2.61. The van der Waals surface area contributed by atoms with E-state index in [0.717, 1.165) is 22.1 Å². The first-order valence-corrected chi connectivity index (χ1v) is 14.4. The second-order valence-electron chi connectivity index (χ2n) is 11.0. The van der Waals surface area contributed by atoms with Crippen molar-refractivity contribution in [2.75, 3.05) is 31.2 Å². The van der Waals surface area contributed by atoms with Crippen LogP contribution in [-0.4, -0.2) is 68.6 Å². The summed E-state index contributed by atoms with van der Waals surface area (Å²) in [5.74, 6) is 0.121. The molecular weight excluding hydrogens is 524 g/mol. The van der Waals surface area contributed by atoms with Crippen molar-refractivity contribution in [2.45, 2.75) is 24.5 Å². The maximum Gasteiger partial charge on any atom is 0.368 e. The van der Waals surface area contributed by atoms with E-state index < -0.39 is 5.54 Å². The first kappa shape index (κ1) is 26.1. The molecule has 0 spiro atoms. The molecule has 210 valence electrons. The number of carbonyl (C=O) groups is 1. The van der Waals surface area contributed by atoms with Gasteiger partial charge >= 0.3 is 5.69 Å². The Kier molecular flexibility index (Phi) is 6.55. The molecule has 4 heterocycles. The third kappa shape index (κ3) is 4.26. The van der Waals surface area contributed by atoms with Gasteiger partial charge in [0.15, 0.2) is 5.65 Å². The van der Waals surface area contributed by atoms with E-state index in [-0.39, 0.29) is 23.7 Å². The first-order valence-electron chi connectivity index (χ1n) is 14.4. The summed E-state index contributed by atoms with van der Waals surface area (Å²) >= 11 is 0. The molecule has 8 heteroatoms. The van der Waals surface area contributed by atoms with Crippen LogP contribution >= 0.6 is 0 Å². The van der Waals surface area contributed by atoms with Crippen LogP contribution in [0.25, 0.3) is 11.0 Å². The molecule has 7 rings (SSSR count). The summed E-state index contributed by atoms with van der Waals surface area (Å²) in [6.45, 7) is 4.23. The van der Waals surface area contributed by atoms with Gasteiger partial charge in [0.1, 0.15) is 6.04 Å². The van der Waals surface area contributed by atoms with Crippen LogP contribution in [-0.2, 0) is 10.3 Å². The molecule has 1 unspecified atom stereocenters. The monoisotopic (exact) mass is 556 g/mol. The van der Waals surface area contributed by atoms with Gasteiger partial charge in [0.25, 0.3) is 0 Å². The van der Waals surface area contributed by atoms with Gasteiger partial charge in [-0.2, -0.15) is 9.66 Å². The van der Waals surface area contributed by atoms with E-state index in [4.69, 9.17) is 0 Å². The van der Waals surface area contributed by atoms with Crippen molar-refractivity contribution in [2.24, 2.45) is 0 Å². The lowest BCUT2D eigenvalue weighted by atomic mass is 9.76. The molecule has 3 aromatic carbocycles. The average Bonchev–Trinajstić information content (AvgIpc) is 3.84. The Bertz CT molecular complexity index is 1680. The Hall–Kier alpha value is -4.82. The topological polar surface area (TPSA) is 74.3 Å². The number of carbonyl (C=O) groups excluding carboxylic acids is 1. The number of nitrogens with zero attached hydrogens (tertiary/aromatic N) is 6. The summed E-state index contributed by atoms with van der Waals surface area (Å²) in [5.41, 5.74) is 3.00. The van der Waals surface area contributed by atoms with E-state index >= 15 is 0 Å². The first-order chi connectivity index (χ1) is 20.6. The largest absolute Gasteiger partial charge is 0.368 e. The molecular formula is C34H32N6O2. The van der Waals surface area contributed by atoms with E-state index in [1.54, 1.807) is 17.1 Å². The molecule has 0 aliphatic carbocycles. The molecule has 8 nitrogen and oxygen atoms in total. The Morgan fingerprint density at radius 1 is 0.762 bits per heavy atom. The number of hydrogen-bond donors (Lipinski definition) is 0. The predicted octanol–water partition coefficient (Wildman–Crippen LogP) is 3.64. The molecule has 2 saturated heterocycles. The number of rotatable bonds is 6. The highest BCUT2D eigenvalue weighted by molar-refractivity contribution is 5.86. The molecule has 0 bridgehead atoms. The molecule has 3 atom stereocenters. The van der Waals surface area contributed by atoms with Crippen LogP contribution in [0, 0.1) is 0 Å². The summed E-state index contributed by atoms with van der Waals surface area (Å²) in [5, 5.41) is 2.79. The van der Waals surface area contributed by atoms with Crippen LogP contribution < -0.4 is 10.7 Å². The number of pyridine rings is 1. The van der Waals surface area contributed by atoms with Crippen LogP contribution in [0.2, 0.25) is 0 Å². The Balaban J connectivity index is 1.20. The number of amides is 1. The van der Waals surface area contributed by atoms with E-state index in [2.05, 4.69) is 87.7 Å². The van der Waals surface area contributed by atoms with Gasteiger partial charge in [-0.1, -0.05) is 91.0 Å². The van der Waals surface area contributed by atoms with Crippen molar-refractivity contribution in [1.82, 2.24) is 24.4 Å². The standard InChI is InChI=1S/C34H32N6O2/c1-25-23-37(20-21-39(25)40-31-26(12-11-19-35-31)22-36-33(40)42)32(41)30-24-38(30)34(27-13-5-2-6-14-27,28-15-7-3-8-16-28)29-17-9-4-10-18-29/h2-19,22,25,30H,20-21,23-24H2,1H3/t25?,30-,38+/m0/s1. The Morgan fingerprint density at radius 3 is 1.93 bits per heavy atom. The second-order valence-corrected chi connectivity index (χ2v) is 11.0. The number of fused-ring (bicyclic) bond motifs is 1. The van der Waals surface area contributed by atoms with Crippen LogP contribution in [0.1, 0.15) is 23.6 Å². The van der Waals surface area contributed by atoms with Gasteiger partial charge in [-0.05, 0) is 35.7 Å². The molecule has 0 radical (unpaired) electrons. The highest BCUT2D eigenvalue weighted by atomic mass is 16.2. The third-order valence-electron chi connectivity index (χ3n) is 8.58. The van der Waals surface area contributed by atoms with Gasteiger partial charge in [-0.25, -0.2) is 9.78 Å². The van der Waals surface area contributed by atoms with Crippen LogP contribution in [0.5, 0.6) is 0 Å². The van der Waals surface area contributed by atoms with Gasteiger partial charge in [-0.3, -0.25) is 9.69 Å². The third-order valence-corrected chi connectivity index (χ3v) is 8.58. The normalized spacial score (nSPS) is 20.5. The van der Waals surface area contributed by atoms with Crippen LogP contribution in [0.4, 0.5) is 0 Å². The van der Waals surface area contributed by atoms with Gasteiger partial charge in [0.2, 0.25) is 5.91 Å². The fourth-order valence-corrected chi connectivity index (χ4v) is 6.60. The second kappa shape index (κ2) is 10.5. The van der Waals surface area contributed by atoms with Crippen LogP contribution in [0.15, 0.2) is 120 Å². The van der Waals surface area contributed by atoms with Crippen LogP contribution in [0.3, 0.4) is 0 Å². The zero-order chi connectivity index (χ0) is 28.7. The fraction of sp³-hybridized carbons (Fsp3) is 0.235. The summed E-state index contributed by atoms with van der Waals surface area (Å²) < 4.78 is 1.57. The SMILES string of the molecule is CC1CN(C(=O)[C@@H]2C[N@@]2C(c2ccccc2)(c2ccccc2)c2ccccc2)CCN1n1c(=O)ncc2cccnc21. The molecule has 0 saturated carbocycles. The summed E-state index contributed by atoms with van der Waals surface area (Å²) in [6.07, 6.45) is 3.24. The number of piperazine rings is 1. The van der Waals surface area contributed by atoms with Crippen molar-refractivity contribution in [3.05, 3.63) is 143 Å². The van der Waals surface area contributed by atoms with E-state index in [9.17, 15) is 9.59 Å². The highest BCUT2D eigenvalue weighted by Gasteiger charge is 2.57. The zero-order valence-electron chi connectivity index (χ0n) is 23.5. The van der Waals surface area contributed by atoms with Gasteiger partial charge in [-0.15, -0.1) is 0 Å². The lowest BCUT2D eigenvalue weighted by molar-refractivity contribution is -0.132. The minimum absolute atomic E-state index is 0.0934.